The first-order chi connectivity index (χ1) is 7.79. The van der Waals surface area contributed by atoms with E-state index >= 15 is 0 Å². The molecule has 0 saturated carbocycles. The molecule has 0 unspecified atom stereocenters. The monoisotopic (exact) mass is 234 g/mol. The van der Waals surface area contributed by atoms with E-state index < -0.39 is 0 Å². The second-order valence-corrected chi connectivity index (χ2v) is 4.35. The van der Waals surface area contributed by atoms with Crippen LogP contribution in [-0.4, -0.2) is 14.8 Å². The summed E-state index contributed by atoms with van der Waals surface area (Å²) in [6.07, 6.45) is 5.69. The lowest BCUT2D eigenvalue weighted by atomic mass is 10.4. The summed E-state index contributed by atoms with van der Waals surface area (Å²) >= 11 is 1.63. The molecule has 0 aliphatic carbocycles. The molecule has 0 atom stereocenters. The summed E-state index contributed by atoms with van der Waals surface area (Å²) in [4.78, 5) is 4.23. The Hall–Kier alpha value is -1.49. The van der Waals surface area contributed by atoms with E-state index in [1.165, 1.54) is 5.56 Å². The van der Waals surface area contributed by atoms with Crippen LogP contribution in [0, 0.1) is 0 Å². The molecule has 16 heavy (non-hydrogen) atoms. The molecule has 2 aromatic heterocycles. The molecule has 0 aromatic carbocycles. The summed E-state index contributed by atoms with van der Waals surface area (Å²) in [5.74, 6) is 0.848. The molecule has 0 radical (unpaired) electrons. The van der Waals surface area contributed by atoms with Crippen molar-refractivity contribution in [3.63, 3.8) is 0 Å². The van der Waals surface area contributed by atoms with Crippen molar-refractivity contribution in [2.75, 3.05) is 5.73 Å². The van der Waals surface area contributed by atoms with Crippen molar-refractivity contribution in [2.45, 2.75) is 24.2 Å². The van der Waals surface area contributed by atoms with Crippen molar-refractivity contribution in [2.24, 2.45) is 0 Å². The number of nitrogens with two attached hydrogens (primary N) is 1. The van der Waals surface area contributed by atoms with Gasteiger partial charge in [0.1, 0.15) is 5.03 Å². The Labute approximate surface area is 98.9 Å². The minimum Gasteiger partial charge on any atom is -0.397 e. The van der Waals surface area contributed by atoms with E-state index in [-0.39, 0.29) is 0 Å². The van der Waals surface area contributed by atoms with Gasteiger partial charge < -0.3 is 5.73 Å². The third-order valence-electron chi connectivity index (χ3n) is 2.19. The lowest BCUT2D eigenvalue weighted by molar-refractivity contribution is 0.659. The summed E-state index contributed by atoms with van der Waals surface area (Å²) < 4.78 is 1.91. The van der Waals surface area contributed by atoms with Crippen LogP contribution in [0.1, 0.15) is 12.5 Å². The summed E-state index contributed by atoms with van der Waals surface area (Å²) in [5, 5.41) is 5.10. The summed E-state index contributed by atoms with van der Waals surface area (Å²) in [6, 6.07) is 3.71. The van der Waals surface area contributed by atoms with E-state index in [1.54, 1.807) is 18.0 Å². The van der Waals surface area contributed by atoms with Gasteiger partial charge in [0, 0.05) is 30.3 Å². The number of thioether (sulfide) groups is 1. The molecule has 0 fully saturated rings. The fourth-order valence-electron chi connectivity index (χ4n) is 1.33. The van der Waals surface area contributed by atoms with Crippen LogP contribution in [0.5, 0.6) is 0 Å². The maximum Gasteiger partial charge on any atom is 0.119 e. The van der Waals surface area contributed by atoms with Crippen LogP contribution < -0.4 is 5.73 Å². The first-order valence-corrected chi connectivity index (χ1v) is 6.12. The molecule has 0 aliphatic heterocycles. The van der Waals surface area contributed by atoms with Crippen LogP contribution in [0.15, 0.2) is 35.7 Å². The van der Waals surface area contributed by atoms with Gasteiger partial charge >= 0.3 is 0 Å². The molecule has 0 saturated heterocycles. The molecule has 0 aliphatic rings. The van der Waals surface area contributed by atoms with Gasteiger partial charge in [-0.25, -0.2) is 4.98 Å². The van der Waals surface area contributed by atoms with Crippen LogP contribution in [0.3, 0.4) is 0 Å². The molecule has 0 bridgehead atoms. The van der Waals surface area contributed by atoms with E-state index in [1.807, 2.05) is 29.2 Å². The molecule has 2 heterocycles. The summed E-state index contributed by atoms with van der Waals surface area (Å²) in [5.41, 5.74) is 7.74. The molecule has 5 heteroatoms. The van der Waals surface area contributed by atoms with Gasteiger partial charge in [0.25, 0.3) is 0 Å². The van der Waals surface area contributed by atoms with Crippen molar-refractivity contribution >= 4 is 17.4 Å². The van der Waals surface area contributed by atoms with Crippen molar-refractivity contribution in [3.8, 4) is 0 Å². The predicted octanol–water partition coefficient (Wildman–Crippen LogP) is 2.17. The maximum atomic E-state index is 5.81. The first kappa shape index (κ1) is 11.0. The van der Waals surface area contributed by atoms with Crippen molar-refractivity contribution in [3.05, 3.63) is 36.3 Å². The minimum absolute atomic E-state index is 0.732. The summed E-state index contributed by atoms with van der Waals surface area (Å²) in [6.45, 7) is 2.97. The second kappa shape index (κ2) is 5.03. The van der Waals surface area contributed by atoms with Crippen LogP contribution >= 0.6 is 11.8 Å². The van der Waals surface area contributed by atoms with E-state index in [0.29, 0.717) is 0 Å². The first-order valence-electron chi connectivity index (χ1n) is 5.14. The van der Waals surface area contributed by atoms with Gasteiger partial charge in [-0.1, -0.05) is 11.8 Å². The zero-order chi connectivity index (χ0) is 11.4. The minimum atomic E-state index is 0.732. The molecule has 2 N–H and O–H groups in total. The number of rotatable bonds is 4. The van der Waals surface area contributed by atoms with Gasteiger partial charge in [-0.2, -0.15) is 5.10 Å². The average Bonchev–Trinajstić information content (AvgIpc) is 2.76. The average molecular weight is 234 g/mol. The largest absolute Gasteiger partial charge is 0.397 e. The van der Waals surface area contributed by atoms with Crippen LogP contribution in [0.2, 0.25) is 0 Å². The van der Waals surface area contributed by atoms with Gasteiger partial charge in [-0.05, 0) is 19.1 Å². The standard InChI is InChI=1S/C11H14N4S/c1-2-15-7-9(6-14-15)8-16-11-10(12)4-3-5-13-11/h3-7H,2,8,12H2,1H3. The smallest absolute Gasteiger partial charge is 0.119 e. The normalized spacial score (nSPS) is 10.6. The lowest BCUT2D eigenvalue weighted by Crippen LogP contribution is -1.92. The molecule has 0 amide bonds. The van der Waals surface area contributed by atoms with Crippen molar-refractivity contribution < 1.29 is 0 Å². The van der Waals surface area contributed by atoms with Gasteiger partial charge in [0.15, 0.2) is 0 Å². The second-order valence-electron chi connectivity index (χ2n) is 3.39. The van der Waals surface area contributed by atoms with Crippen molar-refractivity contribution in [1.82, 2.24) is 14.8 Å². The molecule has 84 valence electrons. The van der Waals surface area contributed by atoms with Gasteiger partial charge in [-0.3, -0.25) is 4.68 Å². The Morgan fingerprint density at radius 1 is 1.50 bits per heavy atom. The Balaban J connectivity index is 1.99. The highest BCUT2D eigenvalue weighted by Gasteiger charge is 2.02. The van der Waals surface area contributed by atoms with Crippen molar-refractivity contribution in [1.29, 1.82) is 0 Å². The number of nitrogens with zero attached hydrogens (tertiary/aromatic N) is 3. The molecular formula is C11H14N4S. The number of aromatic nitrogens is 3. The summed E-state index contributed by atoms with van der Waals surface area (Å²) in [7, 11) is 0. The Bertz CT molecular complexity index is 467. The third-order valence-corrected chi connectivity index (χ3v) is 3.28. The molecule has 2 aromatic rings. The van der Waals surface area contributed by atoms with Crippen LogP contribution in [0.25, 0.3) is 0 Å². The Kier molecular flexibility index (Phi) is 3.46. The van der Waals surface area contributed by atoms with E-state index in [4.69, 9.17) is 5.73 Å². The third kappa shape index (κ3) is 2.55. The van der Waals surface area contributed by atoms with Gasteiger partial charge in [0.05, 0.1) is 11.9 Å². The molecule has 2 rings (SSSR count). The molecular weight excluding hydrogens is 220 g/mol. The number of hydrogen-bond acceptors (Lipinski definition) is 4. The number of aryl methyl sites for hydroxylation is 1. The Morgan fingerprint density at radius 2 is 2.38 bits per heavy atom. The number of nitrogen functional groups attached to an aromatic ring is 1. The zero-order valence-electron chi connectivity index (χ0n) is 9.13. The topological polar surface area (TPSA) is 56.7 Å². The fraction of sp³-hybridized carbons (Fsp3) is 0.273. The van der Waals surface area contributed by atoms with E-state index in [0.717, 1.165) is 23.0 Å². The predicted molar refractivity (Wildman–Crippen MR) is 66.1 cm³/mol. The van der Waals surface area contributed by atoms with Crippen LogP contribution in [-0.2, 0) is 12.3 Å². The number of hydrogen-bond donors (Lipinski definition) is 1. The molecule has 0 spiro atoms. The highest BCUT2D eigenvalue weighted by molar-refractivity contribution is 7.98. The van der Waals surface area contributed by atoms with Gasteiger partial charge in [0.2, 0.25) is 0 Å². The van der Waals surface area contributed by atoms with E-state index in [9.17, 15) is 0 Å². The fourth-order valence-corrected chi connectivity index (χ4v) is 2.15. The Morgan fingerprint density at radius 3 is 3.06 bits per heavy atom. The number of anilines is 1. The van der Waals surface area contributed by atoms with Crippen LogP contribution in [0.4, 0.5) is 5.69 Å². The lowest BCUT2D eigenvalue weighted by Gasteiger charge is -2.01. The maximum absolute atomic E-state index is 5.81. The SMILES string of the molecule is CCn1cc(CSc2ncccc2N)cn1. The molecule has 4 nitrogen and oxygen atoms in total. The highest BCUT2D eigenvalue weighted by Crippen LogP contribution is 2.25. The highest BCUT2D eigenvalue weighted by atomic mass is 32.2. The van der Waals surface area contributed by atoms with Gasteiger partial charge in [-0.15, -0.1) is 0 Å². The quantitative estimate of drug-likeness (QED) is 0.824. The zero-order valence-corrected chi connectivity index (χ0v) is 9.94. The number of pyridine rings is 1. The van der Waals surface area contributed by atoms with E-state index in [2.05, 4.69) is 17.0 Å².